The molecule has 1 aliphatic rings. The molecule has 0 bridgehead atoms. The summed E-state index contributed by atoms with van der Waals surface area (Å²) >= 11 is 0. The monoisotopic (exact) mass is 295 g/mol. The van der Waals surface area contributed by atoms with E-state index in [2.05, 4.69) is 16.4 Å². The number of hydrogen-bond donors (Lipinski definition) is 1. The lowest BCUT2D eigenvalue weighted by molar-refractivity contribution is 0.0735. The van der Waals surface area contributed by atoms with Gasteiger partial charge in [-0.05, 0) is 43.5 Å². The third kappa shape index (κ3) is 2.69. The van der Waals surface area contributed by atoms with E-state index in [1.165, 1.54) is 0 Å². The molecule has 1 fully saturated rings. The van der Waals surface area contributed by atoms with Crippen molar-refractivity contribution in [2.75, 3.05) is 18.9 Å². The van der Waals surface area contributed by atoms with Gasteiger partial charge >= 0.3 is 0 Å². The first-order valence-corrected chi connectivity index (χ1v) is 7.72. The molecule has 1 amide bonds. The number of aromatic nitrogens is 1. The molecule has 22 heavy (non-hydrogen) atoms. The Labute approximate surface area is 131 Å². The molecule has 0 unspecified atom stereocenters. The summed E-state index contributed by atoms with van der Waals surface area (Å²) in [7, 11) is 1.86. The van der Waals surface area contributed by atoms with Crippen LogP contribution in [0, 0.1) is 6.92 Å². The van der Waals surface area contributed by atoms with E-state index < -0.39 is 0 Å². The number of amides is 1. The predicted octanol–water partition coefficient (Wildman–Crippen LogP) is 3.41. The van der Waals surface area contributed by atoms with Gasteiger partial charge in [-0.1, -0.05) is 24.3 Å². The maximum absolute atomic E-state index is 12.8. The molecule has 1 aromatic carbocycles. The minimum atomic E-state index is 0.111. The van der Waals surface area contributed by atoms with Crippen LogP contribution in [0.25, 0.3) is 0 Å². The van der Waals surface area contributed by atoms with E-state index in [9.17, 15) is 4.79 Å². The first-order valence-electron chi connectivity index (χ1n) is 7.72. The zero-order valence-electron chi connectivity index (χ0n) is 13.0. The van der Waals surface area contributed by atoms with Crippen molar-refractivity contribution in [3.05, 3.63) is 59.3 Å². The van der Waals surface area contributed by atoms with Crippen molar-refractivity contribution in [1.29, 1.82) is 0 Å². The van der Waals surface area contributed by atoms with Crippen LogP contribution in [0.3, 0.4) is 0 Å². The van der Waals surface area contributed by atoms with Crippen LogP contribution in [0.4, 0.5) is 5.82 Å². The third-order valence-corrected chi connectivity index (χ3v) is 4.28. The summed E-state index contributed by atoms with van der Waals surface area (Å²) in [6, 6.07) is 13.7. The van der Waals surface area contributed by atoms with Crippen molar-refractivity contribution in [1.82, 2.24) is 9.88 Å². The molecule has 2 aromatic rings. The number of benzene rings is 1. The van der Waals surface area contributed by atoms with E-state index in [1.54, 1.807) is 0 Å². The van der Waals surface area contributed by atoms with E-state index in [0.717, 1.165) is 42.0 Å². The average molecular weight is 295 g/mol. The van der Waals surface area contributed by atoms with Crippen molar-refractivity contribution in [3.63, 3.8) is 0 Å². The van der Waals surface area contributed by atoms with Gasteiger partial charge in [0, 0.05) is 24.8 Å². The van der Waals surface area contributed by atoms with Crippen LogP contribution in [0.2, 0.25) is 0 Å². The molecular weight excluding hydrogens is 274 g/mol. The molecule has 3 rings (SSSR count). The fourth-order valence-electron chi connectivity index (χ4n) is 3.14. The number of anilines is 1. The second kappa shape index (κ2) is 6.18. The average Bonchev–Trinajstić information content (AvgIpc) is 3.04. The van der Waals surface area contributed by atoms with Crippen LogP contribution >= 0.6 is 0 Å². The van der Waals surface area contributed by atoms with Crippen LogP contribution in [-0.2, 0) is 0 Å². The van der Waals surface area contributed by atoms with E-state index in [1.807, 2.05) is 55.3 Å². The quantitative estimate of drug-likeness (QED) is 0.944. The first kappa shape index (κ1) is 14.6. The maximum atomic E-state index is 12.8. The van der Waals surface area contributed by atoms with Gasteiger partial charge in [-0.3, -0.25) is 4.79 Å². The van der Waals surface area contributed by atoms with Gasteiger partial charge in [-0.25, -0.2) is 4.98 Å². The molecule has 4 nitrogen and oxygen atoms in total. The molecule has 1 aromatic heterocycles. The number of carbonyl (C=O) groups is 1. The number of likely N-dealkylation sites (tertiary alicyclic amines) is 1. The fraction of sp³-hybridized carbons (Fsp3) is 0.333. The van der Waals surface area contributed by atoms with Gasteiger partial charge in [0.05, 0.1) is 6.04 Å². The second-order valence-corrected chi connectivity index (χ2v) is 5.64. The minimum absolute atomic E-state index is 0.111. The zero-order chi connectivity index (χ0) is 15.5. The standard InChI is InChI=1S/C18H21N3O/c1-13-15(10-11-17(19-2)20-13)16-9-6-12-21(16)18(22)14-7-4-3-5-8-14/h3-5,7-8,10-11,16H,6,9,12H2,1-2H3,(H,19,20)/t16-/m1/s1. The van der Waals surface area contributed by atoms with Gasteiger partial charge in [-0.15, -0.1) is 0 Å². The van der Waals surface area contributed by atoms with Gasteiger partial charge in [0.2, 0.25) is 0 Å². The molecule has 1 atom stereocenters. The molecule has 0 spiro atoms. The molecule has 1 N–H and O–H groups in total. The SMILES string of the molecule is CNc1ccc([C@H]2CCCN2C(=O)c2ccccc2)c(C)n1. The molecule has 114 valence electrons. The lowest BCUT2D eigenvalue weighted by Crippen LogP contribution is -2.31. The Morgan fingerprint density at radius 2 is 2.00 bits per heavy atom. The van der Waals surface area contributed by atoms with Gasteiger partial charge in [0.25, 0.3) is 5.91 Å². The number of nitrogens with one attached hydrogen (secondary N) is 1. The van der Waals surface area contributed by atoms with Crippen molar-refractivity contribution in [2.45, 2.75) is 25.8 Å². The summed E-state index contributed by atoms with van der Waals surface area (Å²) in [6.07, 6.45) is 2.04. The van der Waals surface area contributed by atoms with Crippen molar-refractivity contribution < 1.29 is 4.79 Å². The Bertz CT molecular complexity index is 669. The molecule has 1 aliphatic heterocycles. The molecule has 0 radical (unpaired) electrons. The fourth-order valence-corrected chi connectivity index (χ4v) is 3.14. The molecule has 0 saturated carbocycles. The zero-order valence-corrected chi connectivity index (χ0v) is 13.0. The third-order valence-electron chi connectivity index (χ3n) is 4.28. The number of carbonyl (C=O) groups excluding carboxylic acids is 1. The molecule has 0 aliphatic carbocycles. The van der Waals surface area contributed by atoms with Crippen LogP contribution in [0.5, 0.6) is 0 Å². The summed E-state index contributed by atoms with van der Waals surface area (Å²) in [6.45, 7) is 2.82. The summed E-state index contributed by atoms with van der Waals surface area (Å²) in [5, 5.41) is 3.05. The van der Waals surface area contributed by atoms with Crippen LogP contribution in [-0.4, -0.2) is 29.4 Å². The van der Waals surface area contributed by atoms with Gasteiger partial charge in [0.1, 0.15) is 5.82 Å². The smallest absolute Gasteiger partial charge is 0.254 e. The van der Waals surface area contributed by atoms with E-state index in [0.29, 0.717) is 0 Å². The summed E-state index contributed by atoms with van der Waals surface area (Å²) in [5.41, 5.74) is 2.90. The molecular formula is C18H21N3O. The van der Waals surface area contributed by atoms with Gasteiger partial charge in [-0.2, -0.15) is 0 Å². The Balaban J connectivity index is 1.89. The largest absolute Gasteiger partial charge is 0.373 e. The van der Waals surface area contributed by atoms with E-state index >= 15 is 0 Å². The summed E-state index contributed by atoms with van der Waals surface area (Å²) in [5.74, 6) is 0.973. The highest BCUT2D eigenvalue weighted by Crippen LogP contribution is 2.34. The Morgan fingerprint density at radius 3 is 2.68 bits per heavy atom. The highest BCUT2D eigenvalue weighted by atomic mass is 16.2. The van der Waals surface area contributed by atoms with Crippen molar-refractivity contribution in [3.8, 4) is 0 Å². The molecule has 1 saturated heterocycles. The Hall–Kier alpha value is -2.36. The van der Waals surface area contributed by atoms with Crippen molar-refractivity contribution in [2.24, 2.45) is 0 Å². The number of rotatable bonds is 3. The maximum Gasteiger partial charge on any atom is 0.254 e. The van der Waals surface area contributed by atoms with Crippen LogP contribution in [0.15, 0.2) is 42.5 Å². The summed E-state index contributed by atoms with van der Waals surface area (Å²) in [4.78, 5) is 19.3. The van der Waals surface area contributed by atoms with Gasteiger partial charge < -0.3 is 10.2 Å². The summed E-state index contributed by atoms with van der Waals surface area (Å²) < 4.78 is 0. The Morgan fingerprint density at radius 1 is 1.23 bits per heavy atom. The van der Waals surface area contributed by atoms with Crippen LogP contribution in [0.1, 0.15) is 40.5 Å². The topological polar surface area (TPSA) is 45.2 Å². The van der Waals surface area contributed by atoms with E-state index in [-0.39, 0.29) is 11.9 Å². The lowest BCUT2D eigenvalue weighted by Gasteiger charge is -2.26. The highest BCUT2D eigenvalue weighted by molar-refractivity contribution is 5.94. The number of pyridine rings is 1. The normalized spacial score (nSPS) is 17.5. The molecule has 2 heterocycles. The van der Waals surface area contributed by atoms with E-state index in [4.69, 9.17) is 0 Å². The number of nitrogens with zero attached hydrogens (tertiary/aromatic N) is 2. The van der Waals surface area contributed by atoms with Crippen molar-refractivity contribution >= 4 is 11.7 Å². The second-order valence-electron chi connectivity index (χ2n) is 5.64. The van der Waals surface area contributed by atoms with Gasteiger partial charge in [0.15, 0.2) is 0 Å². The highest BCUT2D eigenvalue weighted by Gasteiger charge is 2.31. The van der Waals surface area contributed by atoms with Crippen LogP contribution < -0.4 is 5.32 Å². The number of hydrogen-bond acceptors (Lipinski definition) is 3. The predicted molar refractivity (Wildman–Crippen MR) is 88.0 cm³/mol. The number of aryl methyl sites for hydroxylation is 1. The molecule has 4 heteroatoms. The lowest BCUT2D eigenvalue weighted by atomic mass is 10.0. The Kier molecular flexibility index (Phi) is 4.09. The minimum Gasteiger partial charge on any atom is -0.373 e. The first-order chi connectivity index (χ1) is 10.7.